The molecule has 0 spiro atoms. The van der Waals surface area contributed by atoms with Crippen LogP contribution in [0, 0.1) is 0 Å². The van der Waals surface area contributed by atoms with Crippen molar-refractivity contribution in [3.05, 3.63) is 158 Å². The number of benzene rings is 8. The molecule has 0 amide bonds. The van der Waals surface area contributed by atoms with Crippen LogP contribution in [0.4, 0.5) is 0 Å². The monoisotopic (exact) mass is 550 g/mol. The quantitative estimate of drug-likeness (QED) is 0.199. The zero-order valence-corrected chi connectivity index (χ0v) is 23.1. The molecule has 0 saturated carbocycles. The van der Waals surface area contributed by atoms with Crippen molar-refractivity contribution in [3.63, 3.8) is 0 Å². The van der Waals surface area contributed by atoms with E-state index in [1.54, 1.807) is 24.3 Å². The van der Waals surface area contributed by atoms with E-state index in [4.69, 9.17) is 4.74 Å². The van der Waals surface area contributed by atoms with Crippen LogP contribution < -0.4 is 4.74 Å². The van der Waals surface area contributed by atoms with Gasteiger partial charge in [-0.05, 0) is 84.1 Å². The summed E-state index contributed by atoms with van der Waals surface area (Å²) < 4.78 is 43.7. The molecule has 1 aliphatic rings. The van der Waals surface area contributed by atoms with Crippen molar-refractivity contribution < 1.29 is 10.2 Å². The highest BCUT2D eigenvalue weighted by molar-refractivity contribution is 6.25. The second-order valence-electron chi connectivity index (χ2n) is 10.8. The fourth-order valence-electron chi connectivity index (χ4n) is 6.74. The third-order valence-corrected chi connectivity index (χ3v) is 8.53. The van der Waals surface area contributed by atoms with Crippen LogP contribution in [0.3, 0.4) is 0 Å². The van der Waals surface area contributed by atoms with Gasteiger partial charge in [0.25, 0.3) is 0 Å². The van der Waals surface area contributed by atoms with Crippen LogP contribution >= 0.6 is 0 Å². The number of rotatable bonds is 3. The maximum Gasteiger partial charge on any atom is 0.135 e. The van der Waals surface area contributed by atoms with Gasteiger partial charge in [0.15, 0.2) is 0 Å². The molecule has 1 nitrogen and oxygen atoms in total. The third kappa shape index (κ3) is 3.58. The van der Waals surface area contributed by atoms with Gasteiger partial charge in [0.2, 0.25) is 0 Å². The van der Waals surface area contributed by atoms with Gasteiger partial charge in [-0.3, -0.25) is 0 Å². The Balaban J connectivity index is 1.49. The molecule has 0 atom stereocenters. The molecule has 0 aromatic heterocycles. The summed E-state index contributed by atoms with van der Waals surface area (Å²) in [5.41, 5.74) is 7.14. The minimum absolute atomic E-state index is 0.267. The van der Waals surface area contributed by atoms with Gasteiger partial charge in [-0.15, -0.1) is 0 Å². The lowest BCUT2D eigenvalue weighted by molar-refractivity contribution is 0.487. The highest BCUT2D eigenvalue weighted by Crippen LogP contribution is 2.51. The van der Waals surface area contributed by atoms with Gasteiger partial charge in [-0.1, -0.05) is 139 Å². The van der Waals surface area contributed by atoms with E-state index in [0.717, 1.165) is 55.7 Å². The molecule has 1 aliphatic heterocycles. The van der Waals surface area contributed by atoms with Crippen LogP contribution in [0.15, 0.2) is 158 Å². The van der Waals surface area contributed by atoms with Gasteiger partial charge < -0.3 is 4.74 Å². The van der Waals surface area contributed by atoms with Gasteiger partial charge in [0.1, 0.15) is 11.5 Å². The summed E-state index contributed by atoms with van der Waals surface area (Å²) in [6.07, 6.45) is 0. The zero-order valence-electron chi connectivity index (χ0n) is 27.1. The lowest BCUT2D eigenvalue weighted by atomic mass is 9.82. The van der Waals surface area contributed by atoms with E-state index in [-0.39, 0.29) is 24.2 Å². The minimum Gasteiger partial charge on any atom is -0.456 e. The van der Waals surface area contributed by atoms with Crippen molar-refractivity contribution in [2.24, 2.45) is 0 Å². The Labute approximate surface area is 255 Å². The summed E-state index contributed by atoms with van der Waals surface area (Å²) in [7, 11) is 0. The second-order valence-corrected chi connectivity index (χ2v) is 10.8. The van der Waals surface area contributed by atoms with Crippen molar-refractivity contribution in [1.82, 2.24) is 0 Å². The van der Waals surface area contributed by atoms with Crippen molar-refractivity contribution in [2.75, 3.05) is 0 Å². The second kappa shape index (κ2) is 9.44. The maximum absolute atomic E-state index is 9.35. The summed E-state index contributed by atoms with van der Waals surface area (Å²) in [6, 6.07) is 44.1. The minimum atomic E-state index is 0.267. The molecule has 8 aromatic carbocycles. The van der Waals surface area contributed by atoms with Crippen molar-refractivity contribution in [2.45, 2.75) is 0 Å². The topological polar surface area (TPSA) is 9.23 Å². The first-order valence-corrected chi connectivity index (χ1v) is 14.4. The Morgan fingerprint density at radius 2 is 0.907 bits per heavy atom. The number of para-hydroxylation sites is 1. The molecule has 0 bridgehead atoms. The lowest BCUT2D eigenvalue weighted by Gasteiger charge is -2.24. The third-order valence-electron chi connectivity index (χ3n) is 8.53. The fourth-order valence-corrected chi connectivity index (χ4v) is 6.74. The molecule has 0 radical (unpaired) electrons. The van der Waals surface area contributed by atoms with Crippen molar-refractivity contribution in [1.29, 1.82) is 0 Å². The van der Waals surface area contributed by atoms with Crippen molar-refractivity contribution >= 4 is 32.3 Å². The van der Waals surface area contributed by atoms with Crippen molar-refractivity contribution in [3.8, 4) is 56.0 Å². The molecule has 200 valence electrons. The molecule has 9 rings (SSSR count). The molecule has 0 aliphatic carbocycles. The first-order chi connectivity index (χ1) is 23.0. The largest absolute Gasteiger partial charge is 0.456 e. The summed E-state index contributed by atoms with van der Waals surface area (Å²) >= 11 is 0. The molecule has 8 aromatic rings. The fraction of sp³-hybridized carbons (Fsp3) is 0. The van der Waals surface area contributed by atoms with E-state index in [2.05, 4.69) is 36.4 Å². The van der Waals surface area contributed by atoms with Gasteiger partial charge in [-0.25, -0.2) is 0 Å². The van der Waals surface area contributed by atoms with Gasteiger partial charge >= 0.3 is 0 Å². The lowest BCUT2D eigenvalue weighted by Crippen LogP contribution is -1.98. The highest BCUT2D eigenvalue weighted by atomic mass is 16.5. The number of hydrogen-bond donors (Lipinski definition) is 0. The van der Waals surface area contributed by atoms with E-state index in [1.807, 2.05) is 72.8 Å². The van der Waals surface area contributed by atoms with Gasteiger partial charge in [0.05, 0.1) is 5.48 Å². The van der Waals surface area contributed by atoms with Crippen LogP contribution in [0.5, 0.6) is 11.5 Å². The molecule has 1 heterocycles. The van der Waals surface area contributed by atoms with E-state index in [1.165, 1.54) is 0 Å². The summed E-state index contributed by atoms with van der Waals surface area (Å²) in [4.78, 5) is 0. The Hall–Kier alpha value is -5.66. The standard InChI is InChI=1S/C42H26O/c1-2-13-27(14-3-1)28-15-4-5-17-30(28)40-32-18-6-8-20-34(32)41(35-21-9-7-19-33(35)40)37-25-26-39-42-31(22-12-23-36(37)42)29-16-10-11-24-38(29)43-39/h1-26H/i18D,19D,20D,21D. The molecular formula is C42H26O. The van der Waals surface area contributed by atoms with E-state index in [9.17, 15) is 5.48 Å². The summed E-state index contributed by atoms with van der Waals surface area (Å²) in [5, 5.41) is 4.29. The summed E-state index contributed by atoms with van der Waals surface area (Å²) in [6.45, 7) is 0. The number of fused-ring (bicyclic) bond motifs is 4. The molecule has 0 unspecified atom stereocenters. The normalized spacial score (nSPS) is 13.2. The predicted molar refractivity (Wildman–Crippen MR) is 181 cm³/mol. The maximum atomic E-state index is 9.35. The molecule has 1 heteroatoms. The van der Waals surface area contributed by atoms with Crippen LogP contribution in [0.25, 0.3) is 76.8 Å². The first-order valence-electron chi connectivity index (χ1n) is 16.4. The Kier molecular flexibility index (Phi) is 4.45. The van der Waals surface area contributed by atoms with Gasteiger partial charge in [-0.2, -0.15) is 0 Å². The molecular weight excluding hydrogens is 520 g/mol. The molecule has 43 heavy (non-hydrogen) atoms. The van der Waals surface area contributed by atoms with Crippen LogP contribution in [0.2, 0.25) is 0 Å². The molecule has 0 saturated heterocycles. The van der Waals surface area contributed by atoms with Crippen LogP contribution in [-0.2, 0) is 0 Å². The summed E-state index contributed by atoms with van der Waals surface area (Å²) in [5.74, 6) is 1.55. The van der Waals surface area contributed by atoms with Gasteiger partial charge in [0, 0.05) is 10.9 Å². The predicted octanol–water partition coefficient (Wildman–Crippen LogP) is 11.9. The van der Waals surface area contributed by atoms with E-state index in [0.29, 0.717) is 32.7 Å². The van der Waals surface area contributed by atoms with Crippen LogP contribution in [-0.4, -0.2) is 0 Å². The van der Waals surface area contributed by atoms with E-state index < -0.39 is 0 Å². The van der Waals surface area contributed by atoms with E-state index >= 15 is 0 Å². The van der Waals surface area contributed by atoms with Crippen LogP contribution in [0.1, 0.15) is 5.48 Å². The number of hydrogen-bond acceptors (Lipinski definition) is 1. The SMILES string of the molecule is [2H]c1ccc([2H])c2c(-c3ccc4c5c(cccc35)-c3ccccc3O4)c3c([2H])ccc([2H])c3c(-c3ccccc3-c3ccccc3)c12. The number of ether oxygens (including phenoxy) is 1. The zero-order chi connectivity index (χ0) is 31.8. The molecule has 0 fully saturated rings. The smallest absolute Gasteiger partial charge is 0.135 e. The Bertz CT molecular complexity index is 2520. The Morgan fingerprint density at radius 1 is 0.349 bits per heavy atom. The molecule has 0 N–H and O–H groups in total. The highest BCUT2D eigenvalue weighted by Gasteiger charge is 2.24. The first kappa shape index (κ1) is 20.3. The average molecular weight is 551 g/mol. The Morgan fingerprint density at radius 3 is 1.60 bits per heavy atom. The average Bonchev–Trinajstić information content (AvgIpc) is 3.11.